The van der Waals surface area contributed by atoms with Crippen molar-refractivity contribution in [2.75, 3.05) is 0 Å². The van der Waals surface area contributed by atoms with E-state index in [4.69, 9.17) is 4.52 Å². The number of rotatable bonds is 6. The second-order valence-electron chi connectivity index (χ2n) is 8.52. The predicted molar refractivity (Wildman–Crippen MR) is 134 cm³/mol. The maximum absolute atomic E-state index is 7.34. The summed E-state index contributed by atoms with van der Waals surface area (Å²) >= 11 is 0. The van der Waals surface area contributed by atoms with Crippen LogP contribution in [0.25, 0.3) is 0 Å². The van der Waals surface area contributed by atoms with Crippen molar-refractivity contribution in [2.45, 2.75) is 31.5 Å². The van der Waals surface area contributed by atoms with Gasteiger partial charge in [-0.05, 0) is 0 Å². The standard InChI is InChI=1S/C29H29OP/c1-24-29(23-22-25-14-6-2-7-15-25)30-31(24,26-16-8-3-9-17-26,27-18-10-4-11-19-27)28-20-12-5-13-21-28/h2-21,24,29H,22-23H2,1H3. The van der Waals surface area contributed by atoms with E-state index in [2.05, 4.69) is 128 Å². The van der Waals surface area contributed by atoms with Crippen LogP contribution in [-0.2, 0) is 10.9 Å². The average Bonchev–Trinajstić information content (AvgIpc) is 2.86. The second-order valence-corrected chi connectivity index (χ2v) is 13.3. The molecule has 0 aromatic heterocycles. The van der Waals surface area contributed by atoms with E-state index in [1.807, 2.05) is 0 Å². The molecular formula is C29H29OP. The Labute approximate surface area is 185 Å². The van der Waals surface area contributed by atoms with Gasteiger partial charge in [0.25, 0.3) is 0 Å². The van der Waals surface area contributed by atoms with Gasteiger partial charge in [-0.25, -0.2) is 0 Å². The zero-order valence-corrected chi connectivity index (χ0v) is 18.9. The number of benzene rings is 4. The minimum atomic E-state index is -3.04. The molecule has 0 aliphatic carbocycles. The molecule has 1 aliphatic heterocycles. The van der Waals surface area contributed by atoms with Crippen LogP contribution >= 0.6 is 6.83 Å². The molecule has 1 nitrogen and oxygen atoms in total. The summed E-state index contributed by atoms with van der Waals surface area (Å²) in [7, 11) is 0. The fourth-order valence-corrected chi connectivity index (χ4v) is 12.1. The van der Waals surface area contributed by atoms with Gasteiger partial charge in [0.2, 0.25) is 0 Å². The van der Waals surface area contributed by atoms with E-state index in [0.717, 1.165) is 12.8 Å². The fraction of sp³-hybridized carbons (Fsp3) is 0.172. The predicted octanol–water partition coefficient (Wildman–Crippen LogP) is 5.85. The van der Waals surface area contributed by atoms with Crippen molar-refractivity contribution in [2.24, 2.45) is 0 Å². The van der Waals surface area contributed by atoms with E-state index in [9.17, 15) is 0 Å². The summed E-state index contributed by atoms with van der Waals surface area (Å²) in [6.07, 6.45) is 2.31. The number of hydrogen-bond acceptors (Lipinski definition) is 1. The van der Waals surface area contributed by atoms with Crippen LogP contribution in [0.5, 0.6) is 0 Å². The molecule has 1 heterocycles. The normalized spacial score (nSPS) is 22.5. The number of aryl methyl sites for hydroxylation is 1. The first-order valence-corrected chi connectivity index (χ1v) is 13.4. The molecule has 4 aromatic carbocycles. The van der Waals surface area contributed by atoms with Crippen molar-refractivity contribution in [3.05, 3.63) is 127 Å². The van der Waals surface area contributed by atoms with Gasteiger partial charge in [-0.3, -0.25) is 0 Å². The number of hydrogen-bond donors (Lipinski definition) is 0. The molecule has 5 rings (SSSR count). The second kappa shape index (κ2) is 8.08. The van der Waals surface area contributed by atoms with Crippen LogP contribution < -0.4 is 15.9 Å². The molecule has 0 radical (unpaired) electrons. The Morgan fingerprint density at radius 2 is 0.968 bits per heavy atom. The zero-order valence-electron chi connectivity index (χ0n) is 18.0. The third-order valence-corrected chi connectivity index (χ3v) is 13.6. The van der Waals surface area contributed by atoms with Crippen molar-refractivity contribution in [1.29, 1.82) is 0 Å². The molecule has 0 bridgehead atoms. The minimum absolute atomic E-state index is 0.235. The van der Waals surface area contributed by atoms with E-state index < -0.39 is 6.83 Å². The Kier molecular flexibility index (Phi) is 5.26. The Bertz CT molecular complexity index is 1030. The fourth-order valence-electron chi connectivity index (χ4n) is 5.48. The van der Waals surface area contributed by atoms with Crippen LogP contribution in [0.2, 0.25) is 0 Å². The van der Waals surface area contributed by atoms with Crippen molar-refractivity contribution in [1.82, 2.24) is 0 Å². The van der Waals surface area contributed by atoms with Gasteiger partial charge in [-0.2, -0.15) is 0 Å². The topological polar surface area (TPSA) is 9.23 Å². The van der Waals surface area contributed by atoms with Gasteiger partial charge in [-0.1, -0.05) is 0 Å². The molecule has 31 heavy (non-hydrogen) atoms. The maximum atomic E-state index is 7.34. The van der Waals surface area contributed by atoms with Gasteiger partial charge in [0.15, 0.2) is 0 Å². The summed E-state index contributed by atoms with van der Waals surface area (Å²) in [6.45, 7) is -0.620. The van der Waals surface area contributed by atoms with Crippen LogP contribution in [0.1, 0.15) is 18.9 Å². The Hall–Kier alpha value is -2.73. The van der Waals surface area contributed by atoms with E-state index in [1.54, 1.807) is 0 Å². The van der Waals surface area contributed by atoms with E-state index in [1.165, 1.54) is 21.5 Å². The molecule has 2 heteroatoms. The molecule has 2 atom stereocenters. The molecule has 4 aromatic rings. The summed E-state index contributed by atoms with van der Waals surface area (Å²) in [5.41, 5.74) is 1.78. The van der Waals surface area contributed by atoms with Crippen molar-refractivity contribution in [3.8, 4) is 0 Å². The molecular weight excluding hydrogens is 395 g/mol. The van der Waals surface area contributed by atoms with Crippen molar-refractivity contribution >= 4 is 22.7 Å². The van der Waals surface area contributed by atoms with Gasteiger partial charge in [0.05, 0.1) is 0 Å². The molecule has 1 aliphatic rings. The molecule has 156 valence electrons. The summed E-state index contributed by atoms with van der Waals surface area (Å²) in [6, 6.07) is 43.7. The van der Waals surface area contributed by atoms with Crippen LogP contribution in [0.15, 0.2) is 121 Å². The SMILES string of the molecule is CC1C(CCc2ccccc2)OP1(c1ccccc1)(c1ccccc1)c1ccccc1. The van der Waals surface area contributed by atoms with Crippen molar-refractivity contribution < 1.29 is 4.52 Å². The van der Waals surface area contributed by atoms with Gasteiger partial charge < -0.3 is 0 Å². The van der Waals surface area contributed by atoms with Crippen LogP contribution in [0.4, 0.5) is 0 Å². The van der Waals surface area contributed by atoms with E-state index >= 15 is 0 Å². The molecule has 0 saturated carbocycles. The first-order chi connectivity index (χ1) is 15.3. The van der Waals surface area contributed by atoms with Crippen LogP contribution in [0.3, 0.4) is 0 Å². The third kappa shape index (κ3) is 2.99. The average molecular weight is 425 g/mol. The van der Waals surface area contributed by atoms with Gasteiger partial charge in [0.1, 0.15) is 0 Å². The quantitative estimate of drug-likeness (QED) is 0.353. The molecule has 0 spiro atoms. The molecule has 2 unspecified atom stereocenters. The van der Waals surface area contributed by atoms with Crippen molar-refractivity contribution in [3.63, 3.8) is 0 Å². The van der Waals surface area contributed by atoms with E-state index in [0.29, 0.717) is 5.66 Å². The Morgan fingerprint density at radius 3 is 1.35 bits per heavy atom. The monoisotopic (exact) mass is 424 g/mol. The van der Waals surface area contributed by atoms with Crippen LogP contribution in [0, 0.1) is 0 Å². The molecule has 0 N–H and O–H groups in total. The van der Waals surface area contributed by atoms with Crippen LogP contribution in [-0.4, -0.2) is 11.8 Å². The van der Waals surface area contributed by atoms with E-state index in [-0.39, 0.29) is 6.10 Å². The third-order valence-electron chi connectivity index (χ3n) is 7.04. The first-order valence-electron chi connectivity index (χ1n) is 11.2. The zero-order chi connectivity index (χ0) is 21.2. The Balaban J connectivity index is 1.64. The summed E-state index contributed by atoms with van der Waals surface area (Å²) < 4.78 is 7.34. The molecule has 1 fully saturated rings. The van der Waals surface area contributed by atoms with Gasteiger partial charge in [-0.15, -0.1) is 0 Å². The summed E-state index contributed by atoms with van der Waals surface area (Å²) in [5.74, 6) is 0. The Morgan fingerprint density at radius 1 is 0.581 bits per heavy atom. The summed E-state index contributed by atoms with van der Waals surface area (Å²) in [5, 5.41) is 3.98. The summed E-state index contributed by atoms with van der Waals surface area (Å²) in [4.78, 5) is 0. The molecule has 0 amide bonds. The first kappa shape index (κ1) is 20.2. The molecule has 1 saturated heterocycles. The van der Waals surface area contributed by atoms with Gasteiger partial charge in [0, 0.05) is 0 Å². The van der Waals surface area contributed by atoms with Gasteiger partial charge >= 0.3 is 186 Å².